The molecule has 0 aliphatic rings. The van der Waals surface area contributed by atoms with Gasteiger partial charge in [0.15, 0.2) is 0 Å². The van der Waals surface area contributed by atoms with Gasteiger partial charge in [0.2, 0.25) is 5.89 Å². The number of hydrogen-bond donors (Lipinski definition) is 2. The van der Waals surface area contributed by atoms with Crippen molar-refractivity contribution in [3.63, 3.8) is 0 Å². The Morgan fingerprint density at radius 3 is 2.54 bits per heavy atom. The maximum Gasteiger partial charge on any atom is 0.264 e. The number of ether oxygens (including phenoxy) is 1. The molecule has 0 saturated carbocycles. The molecule has 0 atom stereocenters. The predicted octanol–water partition coefficient (Wildman–Crippen LogP) is 3.45. The number of aryl methyl sites for hydroxylation is 2. The Hall–Kier alpha value is -2.52. The highest BCUT2D eigenvalue weighted by atomic mass is 35.5. The maximum atomic E-state index is 12.9. The van der Waals surface area contributed by atoms with Crippen LogP contribution in [0.1, 0.15) is 17.1 Å². The number of methoxy groups -OCH3 is 1. The van der Waals surface area contributed by atoms with E-state index in [0.29, 0.717) is 39.3 Å². The number of halogens is 1. The van der Waals surface area contributed by atoms with Gasteiger partial charge in [0.1, 0.15) is 16.3 Å². The largest absolute Gasteiger partial charge is 0.495 e. The minimum Gasteiger partial charge on any atom is -0.495 e. The van der Waals surface area contributed by atoms with E-state index in [1.54, 1.807) is 32.9 Å². The van der Waals surface area contributed by atoms with Crippen LogP contribution >= 0.6 is 11.6 Å². The van der Waals surface area contributed by atoms with Crippen molar-refractivity contribution in [1.29, 1.82) is 0 Å². The SMILES string of the molecule is COc1ccc(NS(=O)(=O)c2c(C)[nH]c(-c3nnc(C)o3)c2C)cc1Cl. The molecule has 0 radical (unpaired) electrons. The van der Waals surface area contributed by atoms with E-state index in [2.05, 4.69) is 19.9 Å². The number of aromatic nitrogens is 3. The van der Waals surface area contributed by atoms with Gasteiger partial charge in [0.25, 0.3) is 15.9 Å². The van der Waals surface area contributed by atoms with E-state index in [-0.39, 0.29) is 10.8 Å². The quantitative estimate of drug-likeness (QED) is 0.683. The number of nitrogens with one attached hydrogen (secondary N) is 2. The average molecular weight is 397 g/mol. The third-order valence-electron chi connectivity index (χ3n) is 3.78. The lowest BCUT2D eigenvalue weighted by molar-refractivity contribution is 0.415. The second-order valence-corrected chi connectivity index (χ2v) is 7.69. The molecule has 0 aliphatic heterocycles. The number of H-pyrrole nitrogens is 1. The molecular formula is C16H17ClN4O4S. The molecule has 0 spiro atoms. The predicted molar refractivity (Wildman–Crippen MR) is 97.1 cm³/mol. The molecule has 8 nitrogen and oxygen atoms in total. The first-order chi connectivity index (χ1) is 12.2. The molecule has 10 heteroatoms. The summed E-state index contributed by atoms with van der Waals surface area (Å²) in [6, 6.07) is 4.64. The van der Waals surface area contributed by atoms with Crippen LogP contribution < -0.4 is 9.46 Å². The fourth-order valence-corrected chi connectivity index (χ4v) is 4.44. The van der Waals surface area contributed by atoms with Crippen LogP contribution in [0.5, 0.6) is 5.75 Å². The Labute approximate surface area is 155 Å². The van der Waals surface area contributed by atoms with Crippen LogP contribution in [0.4, 0.5) is 5.69 Å². The first kappa shape index (κ1) is 18.3. The van der Waals surface area contributed by atoms with Gasteiger partial charge >= 0.3 is 0 Å². The second-order valence-electron chi connectivity index (χ2n) is 5.66. The first-order valence-electron chi connectivity index (χ1n) is 7.59. The second kappa shape index (κ2) is 6.65. The van der Waals surface area contributed by atoms with Crippen LogP contribution in [0.25, 0.3) is 11.6 Å². The van der Waals surface area contributed by atoms with E-state index in [0.717, 1.165) is 0 Å². The lowest BCUT2D eigenvalue weighted by atomic mass is 10.2. The van der Waals surface area contributed by atoms with Crippen LogP contribution in [0.3, 0.4) is 0 Å². The molecular weight excluding hydrogens is 380 g/mol. The van der Waals surface area contributed by atoms with Crippen LogP contribution in [-0.2, 0) is 10.0 Å². The highest BCUT2D eigenvalue weighted by Crippen LogP contribution is 2.32. The highest BCUT2D eigenvalue weighted by Gasteiger charge is 2.26. The Balaban J connectivity index is 2.00. The number of aromatic amines is 1. The van der Waals surface area contributed by atoms with Crippen LogP contribution in [-0.4, -0.2) is 30.7 Å². The Kier molecular flexibility index (Phi) is 4.68. The minimum absolute atomic E-state index is 0.121. The van der Waals surface area contributed by atoms with Crippen molar-refractivity contribution in [2.45, 2.75) is 25.7 Å². The van der Waals surface area contributed by atoms with Gasteiger partial charge in [0, 0.05) is 18.2 Å². The molecule has 2 heterocycles. The standard InChI is InChI=1S/C16H17ClN4O4S/c1-8-14(16-20-19-10(3)25-16)18-9(2)15(8)26(22,23)21-11-5-6-13(24-4)12(17)7-11/h5-7,18,21H,1-4H3. The van der Waals surface area contributed by atoms with E-state index < -0.39 is 10.0 Å². The number of rotatable bonds is 5. The summed E-state index contributed by atoms with van der Waals surface area (Å²) in [5.41, 5.74) is 1.74. The van der Waals surface area contributed by atoms with Gasteiger partial charge in [0.05, 0.1) is 17.8 Å². The number of anilines is 1. The molecule has 0 unspecified atom stereocenters. The normalized spacial score (nSPS) is 11.6. The molecule has 138 valence electrons. The van der Waals surface area contributed by atoms with Crippen molar-refractivity contribution in [3.8, 4) is 17.3 Å². The molecule has 26 heavy (non-hydrogen) atoms. The zero-order chi connectivity index (χ0) is 19.1. The Bertz CT molecular complexity index is 1070. The summed E-state index contributed by atoms with van der Waals surface area (Å²) in [5.74, 6) is 1.08. The molecule has 0 fully saturated rings. The maximum absolute atomic E-state index is 12.9. The number of sulfonamides is 1. The topological polar surface area (TPSA) is 110 Å². The van der Waals surface area contributed by atoms with Crippen molar-refractivity contribution < 1.29 is 17.6 Å². The average Bonchev–Trinajstić information content (AvgIpc) is 3.10. The summed E-state index contributed by atoms with van der Waals surface area (Å²) in [6.07, 6.45) is 0. The summed E-state index contributed by atoms with van der Waals surface area (Å²) in [6.45, 7) is 5.00. The van der Waals surface area contributed by atoms with E-state index in [1.165, 1.54) is 13.2 Å². The third-order valence-corrected chi connectivity index (χ3v) is 5.73. The van der Waals surface area contributed by atoms with E-state index in [4.69, 9.17) is 20.8 Å². The molecule has 3 rings (SSSR count). The van der Waals surface area contributed by atoms with Gasteiger partial charge < -0.3 is 14.1 Å². The lowest BCUT2D eigenvalue weighted by Gasteiger charge is -2.10. The zero-order valence-electron chi connectivity index (χ0n) is 14.5. The van der Waals surface area contributed by atoms with Gasteiger partial charge in [-0.15, -0.1) is 10.2 Å². The number of hydrogen-bond acceptors (Lipinski definition) is 6. The summed E-state index contributed by atoms with van der Waals surface area (Å²) < 4.78 is 38.8. The van der Waals surface area contributed by atoms with Crippen molar-refractivity contribution in [1.82, 2.24) is 15.2 Å². The van der Waals surface area contributed by atoms with Crippen molar-refractivity contribution in [3.05, 3.63) is 40.4 Å². The van der Waals surface area contributed by atoms with E-state index in [9.17, 15) is 8.42 Å². The van der Waals surface area contributed by atoms with Gasteiger partial charge in [-0.2, -0.15) is 0 Å². The summed E-state index contributed by atoms with van der Waals surface area (Å²) in [5, 5.41) is 8.01. The summed E-state index contributed by atoms with van der Waals surface area (Å²) >= 11 is 6.06. The molecule has 2 aromatic heterocycles. The molecule has 3 aromatic rings. The van der Waals surface area contributed by atoms with Crippen molar-refractivity contribution in [2.24, 2.45) is 0 Å². The van der Waals surface area contributed by atoms with Crippen molar-refractivity contribution in [2.75, 3.05) is 11.8 Å². The molecule has 1 aromatic carbocycles. The number of nitrogens with zero attached hydrogens (tertiary/aromatic N) is 2. The zero-order valence-corrected chi connectivity index (χ0v) is 16.1. The van der Waals surface area contributed by atoms with Gasteiger partial charge in [-0.3, -0.25) is 4.72 Å². The van der Waals surface area contributed by atoms with Crippen LogP contribution in [0.15, 0.2) is 27.5 Å². The Morgan fingerprint density at radius 1 is 1.23 bits per heavy atom. The van der Waals surface area contributed by atoms with E-state index >= 15 is 0 Å². The first-order valence-corrected chi connectivity index (χ1v) is 9.45. The van der Waals surface area contributed by atoms with Gasteiger partial charge in [-0.1, -0.05) is 11.6 Å². The smallest absolute Gasteiger partial charge is 0.264 e. The molecule has 0 amide bonds. The molecule has 0 bridgehead atoms. The Morgan fingerprint density at radius 2 is 1.96 bits per heavy atom. The monoisotopic (exact) mass is 396 g/mol. The lowest BCUT2D eigenvalue weighted by Crippen LogP contribution is -2.14. The summed E-state index contributed by atoms with van der Waals surface area (Å²) in [7, 11) is -2.38. The minimum atomic E-state index is -3.86. The molecule has 0 saturated heterocycles. The van der Waals surface area contributed by atoms with Crippen LogP contribution in [0.2, 0.25) is 5.02 Å². The van der Waals surface area contributed by atoms with Crippen molar-refractivity contribution >= 4 is 27.3 Å². The molecule has 2 N–H and O–H groups in total. The summed E-state index contributed by atoms with van der Waals surface area (Å²) in [4.78, 5) is 3.12. The van der Waals surface area contributed by atoms with E-state index in [1.807, 2.05) is 0 Å². The van der Waals surface area contributed by atoms with Gasteiger partial charge in [-0.25, -0.2) is 8.42 Å². The highest BCUT2D eigenvalue weighted by molar-refractivity contribution is 7.92. The fraction of sp³-hybridized carbons (Fsp3) is 0.250. The fourth-order valence-electron chi connectivity index (χ4n) is 2.68. The third kappa shape index (κ3) is 3.27. The number of benzene rings is 1. The van der Waals surface area contributed by atoms with Gasteiger partial charge in [-0.05, 0) is 32.0 Å². The van der Waals surface area contributed by atoms with Crippen LogP contribution in [0, 0.1) is 20.8 Å². The molecule has 0 aliphatic carbocycles.